The molecule has 1 aromatic rings. The number of para-hydroxylation sites is 2. The summed E-state index contributed by atoms with van der Waals surface area (Å²) in [5.74, 6) is 1.08. The molecule has 0 spiro atoms. The Hall–Kier alpha value is -2.04. The minimum absolute atomic E-state index is 0.0159. The second-order valence-corrected chi connectivity index (χ2v) is 6.93. The number of anilines is 1. The van der Waals surface area contributed by atoms with E-state index < -0.39 is 6.10 Å². The molecule has 1 heterocycles. The highest BCUT2D eigenvalue weighted by molar-refractivity contribution is 6.03. The van der Waals surface area contributed by atoms with E-state index in [-0.39, 0.29) is 18.4 Å². The van der Waals surface area contributed by atoms with E-state index in [9.17, 15) is 9.59 Å². The maximum absolute atomic E-state index is 12.6. The largest absolute Gasteiger partial charge is 0.479 e. The van der Waals surface area contributed by atoms with E-state index in [2.05, 4.69) is 0 Å². The van der Waals surface area contributed by atoms with Gasteiger partial charge in [-0.2, -0.15) is 0 Å². The standard InChI is InChI=1S/C19H26N2O3/c1-14-19(23)21(16-10-6-7-11-17(16)24-14)13-18(22)20(2)12-15-8-4-3-5-9-15/h6-7,10-11,14-15H,3-5,8-9,12-13H2,1-2H3. The van der Waals surface area contributed by atoms with Crippen LogP contribution in [0.2, 0.25) is 0 Å². The highest BCUT2D eigenvalue weighted by Crippen LogP contribution is 2.33. The van der Waals surface area contributed by atoms with E-state index in [1.807, 2.05) is 31.3 Å². The number of amides is 2. The van der Waals surface area contributed by atoms with Gasteiger partial charge < -0.3 is 9.64 Å². The molecule has 2 amide bonds. The third-order valence-corrected chi connectivity index (χ3v) is 5.05. The normalized spacial score (nSPS) is 21.2. The molecule has 1 aromatic carbocycles. The molecule has 0 saturated heterocycles. The van der Waals surface area contributed by atoms with Crippen molar-refractivity contribution in [2.75, 3.05) is 25.0 Å². The fourth-order valence-corrected chi connectivity index (χ4v) is 3.64. The first-order valence-corrected chi connectivity index (χ1v) is 8.87. The SMILES string of the molecule is CC1Oc2ccccc2N(CC(=O)N(C)CC2CCCCC2)C1=O. The van der Waals surface area contributed by atoms with E-state index in [1.54, 1.807) is 16.7 Å². The number of nitrogens with zero attached hydrogens (tertiary/aromatic N) is 2. The van der Waals surface area contributed by atoms with Gasteiger partial charge in [-0.1, -0.05) is 31.4 Å². The van der Waals surface area contributed by atoms with Crippen LogP contribution in [-0.4, -0.2) is 43.0 Å². The quantitative estimate of drug-likeness (QED) is 0.853. The molecule has 0 radical (unpaired) electrons. The van der Waals surface area contributed by atoms with Crippen LogP contribution in [-0.2, 0) is 9.59 Å². The van der Waals surface area contributed by atoms with Crippen molar-refractivity contribution in [2.45, 2.75) is 45.1 Å². The summed E-state index contributed by atoms with van der Waals surface area (Å²) >= 11 is 0. The summed E-state index contributed by atoms with van der Waals surface area (Å²) in [7, 11) is 1.84. The molecule has 0 bridgehead atoms. The van der Waals surface area contributed by atoms with Crippen molar-refractivity contribution in [3.63, 3.8) is 0 Å². The Bertz CT molecular complexity index is 610. The average molecular weight is 330 g/mol. The van der Waals surface area contributed by atoms with E-state index in [0.29, 0.717) is 17.4 Å². The molecule has 1 aliphatic heterocycles. The molecule has 1 atom stereocenters. The first-order valence-electron chi connectivity index (χ1n) is 8.87. The van der Waals surface area contributed by atoms with Crippen LogP contribution in [0.3, 0.4) is 0 Å². The van der Waals surface area contributed by atoms with Crippen LogP contribution in [0.15, 0.2) is 24.3 Å². The lowest BCUT2D eigenvalue weighted by Crippen LogP contribution is -2.49. The van der Waals surface area contributed by atoms with Crippen LogP contribution in [0.5, 0.6) is 5.75 Å². The minimum atomic E-state index is -0.559. The molecule has 1 fully saturated rings. The lowest BCUT2D eigenvalue weighted by Gasteiger charge is -2.34. The van der Waals surface area contributed by atoms with E-state index >= 15 is 0 Å². The number of fused-ring (bicyclic) bond motifs is 1. The van der Waals surface area contributed by atoms with Gasteiger partial charge in [-0.25, -0.2) is 0 Å². The van der Waals surface area contributed by atoms with Crippen molar-refractivity contribution in [3.05, 3.63) is 24.3 Å². The predicted molar refractivity (Wildman–Crippen MR) is 93.1 cm³/mol. The third kappa shape index (κ3) is 3.55. The van der Waals surface area contributed by atoms with Crippen molar-refractivity contribution >= 4 is 17.5 Å². The number of ether oxygens (including phenoxy) is 1. The summed E-state index contributed by atoms with van der Waals surface area (Å²) in [4.78, 5) is 28.4. The molecular formula is C19H26N2O3. The Kier molecular flexibility index (Phi) is 5.07. The van der Waals surface area contributed by atoms with Gasteiger partial charge in [0, 0.05) is 13.6 Å². The number of carbonyl (C=O) groups is 2. The molecule has 130 valence electrons. The number of benzene rings is 1. The number of carbonyl (C=O) groups excluding carboxylic acids is 2. The van der Waals surface area contributed by atoms with Crippen LogP contribution in [0.25, 0.3) is 0 Å². The average Bonchev–Trinajstić information content (AvgIpc) is 2.59. The Morgan fingerprint density at radius 1 is 1.25 bits per heavy atom. The summed E-state index contributed by atoms with van der Waals surface area (Å²) in [6, 6.07) is 7.39. The Labute approximate surface area is 143 Å². The molecule has 1 aliphatic carbocycles. The van der Waals surface area contributed by atoms with Gasteiger partial charge in [0.2, 0.25) is 5.91 Å². The Balaban J connectivity index is 1.67. The van der Waals surface area contributed by atoms with Crippen LogP contribution >= 0.6 is 0 Å². The molecule has 24 heavy (non-hydrogen) atoms. The molecule has 0 aromatic heterocycles. The summed E-state index contributed by atoms with van der Waals surface area (Å²) in [6.45, 7) is 2.59. The van der Waals surface area contributed by atoms with Gasteiger partial charge in [0.1, 0.15) is 12.3 Å². The van der Waals surface area contributed by atoms with Crippen molar-refractivity contribution in [1.82, 2.24) is 4.90 Å². The van der Waals surface area contributed by atoms with E-state index in [0.717, 1.165) is 6.54 Å². The highest BCUT2D eigenvalue weighted by atomic mass is 16.5. The van der Waals surface area contributed by atoms with Crippen LogP contribution in [0.4, 0.5) is 5.69 Å². The Morgan fingerprint density at radius 2 is 1.96 bits per heavy atom. The van der Waals surface area contributed by atoms with Gasteiger partial charge in [-0.3, -0.25) is 14.5 Å². The van der Waals surface area contributed by atoms with Crippen molar-refractivity contribution in [1.29, 1.82) is 0 Å². The zero-order chi connectivity index (χ0) is 17.1. The minimum Gasteiger partial charge on any atom is -0.479 e. The molecular weight excluding hydrogens is 304 g/mol. The molecule has 3 rings (SSSR count). The fraction of sp³-hybridized carbons (Fsp3) is 0.579. The van der Waals surface area contributed by atoms with Gasteiger partial charge in [0.15, 0.2) is 6.10 Å². The molecule has 1 unspecified atom stereocenters. The first-order chi connectivity index (χ1) is 11.6. The van der Waals surface area contributed by atoms with Crippen LogP contribution < -0.4 is 9.64 Å². The number of hydrogen-bond donors (Lipinski definition) is 0. The second-order valence-electron chi connectivity index (χ2n) is 6.93. The Morgan fingerprint density at radius 3 is 2.71 bits per heavy atom. The molecule has 0 N–H and O–H groups in total. The third-order valence-electron chi connectivity index (χ3n) is 5.05. The maximum Gasteiger partial charge on any atom is 0.268 e. The number of rotatable bonds is 4. The highest BCUT2D eigenvalue weighted by Gasteiger charge is 2.33. The van der Waals surface area contributed by atoms with Crippen LogP contribution in [0.1, 0.15) is 39.0 Å². The van der Waals surface area contributed by atoms with Gasteiger partial charge in [0.05, 0.1) is 5.69 Å². The van der Waals surface area contributed by atoms with Gasteiger partial charge in [-0.15, -0.1) is 0 Å². The molecule has 5 heteroatoms. The number of hydrogen-bond acceptors (Lipinski definition) is 3. The van der Waals surface area contributed by atoms with Crippen molar-refractivity contribution in [3.8, 4) is 5.75 Å². The van der Waals surface area contributed by atoms with Crippen molar-refractivity contribution in [2.24, 2.45) is 5.92 Å². The summed E-state index contributed by atoms with van der Waals surface area (Å²) in [6.07, 6.45) is 5.68. The van der Waals surface area contributed by atoms with Gasteiger partial charge in [-0.05, 0) is 37.8 Å². The van der Waals surface area contributed by atoms with Crippen molar-refractivity contribution < 1.29 is 14.3 Å². The zero-order valence-corrected chi connectivity index (χ0v) is 14.5. The van der Waals surface area contributed by atoms with Gasteiger partial charge >= 0.3 is 0 Å². The lowest BCUT2D eigenvalue weighted by molar-refractivity contribution is -0.132. The topological polar surface area (TPSA) is 49.9 Å². The lowest BCUT2D eigenvalue weighted by atomic mass is 9.89. The monoisotopic (exact) mass is 330 g/mol. The van der Waals surface area contributed by atoms with E-state index in [1.165, 1.54) is 32.1 Å². The predicted octanol–water partition coefficient (Wildman–Crippen LogP) is 2.84. The van der Waals surface area contributed by atoms with Gasteiger partial charge in [0.25, 0.3) is 5.91 Å². The summed E-state index contributed by atoms with van der Waals surface area (Å²) in [5.41, 5.74) is 0.681. The molecule has 2 aliphatic rings. The fourth-order valence-electron chi connectivity index (χ4n) is 3.64. The van der Waals surface area contributed by atoms with E-state index in [4.69, 9.17) is 4.74 Å². The summed E-state index contributed by atoms with van der Waals surface area (Å²) in [5, 5.41) is 0. The summed E-state index contributed by atoms with van der Waals surface area (Å²) < 4.78 is 5.62. The van der Waals surface area contributed by atoms with Crippen LogP contribution in [0, 0.1) is 5.92 Å². The first kappa shape index (κ1) is 16.8. The zero-order valence-electron chi connectivity index (χ0n) is 14.5. The number of likely N-dealkylation sites (N-methyl/N-ethyl adjacent to an activating group) is 1. The molecule has 5 nitrogen and oxygen atoms in total. The molecule has 1 saturated carbocycles. The maximum atomic E-state index is 12.6. The smallest absolute Gasteiger partial charge is 0.268 e. The second kappa shape index (κ2) is 7.24.